The number of rotatable bonds is 8. The van der Waals surface area contributed by atoms with Crippen molar-refractivity contribution >= 4 is 23.3 Å². The van der Waals surface area contributed by atoms with Crippen molar-refractivity contribution in [2.45, 2.75) is 13.5 Å². The normalized spacial score (nSPS) is 10.9. The number of methoxy groups -OCH3 is 1. The lowest BCUT2D eigenvalue weighted by Crippen LogP contribution is -2.24. The number of ether oxygens (including phenoxy) is 2. The number of amides is 1. The van der Waals surface area contributed by atoms with Gasteiger partial charge in [-0.2, -0.15) is 0 Å². The molecule has 0 atom stereocenters. The van der Waals surface area contributed by atoms with Crippen LogP contribution in [0.2, 0.25) is 0 Å². The molecule has 23 heavy (non-hydrogen) atoms. The second kappa shape index (κ2) is 9.07. The average molecular weight is 332 g/mol. The van der Waals surface area contributed by atoms with Gasteiger partial charge in [0.2, 0.25) is 5.91 Å². The molecule has 0 aliphatic rings. The third kappa shape index (κ3) is 6.22. The average Bonchev–Trinajstić information content (AvgIpc) is 2.98. The molecule has 1 heterocycles. The highest BCUT2D eigenvalue weighted by atomic mass is 32.1. The number of aromatic nitrogens is 1. The Morgan fingerprint density at radius 1 is 1.35 bits per heavy atom. The zero-order valence-corrected chi connectivity index (χ0v) is 14.1. The zero-order chi connectivity index (χ0) is 16.5. The van der Waals surface area contributed by atoms with Crippen molar-refractivity contribution in [3.63, 3.8) is 0 Å². The van der Waals surface area contributed by atoms with Crippen LogP contribution in [-0.2, 0) is 16.1 Å². The summed E-state index contributed by atoms with van der Waals surface area (Å²) in [7, 11) is 1.60. The molecule has 0 aliphatic heterocycles. The SMILES string of the molecule is COCCNC(=O)C=Cc1ccc(OCc2csc(C)n2)cc1. The van der Waals surface area contributed by atoms with Crippen molar-refractivity contribution in [1.29, 1.82) is 0 Å². The van der Waals surface area contributed by atoms with Crippen LogP contribution in [0.3, 0.4) is 0 Å². The Hall–Kier alpha value is -2.18. The first-order chi connectivity index (χ1) is 11.2. The molecule has 0 saturated heterocycles. The van der Waals surface area contributed by atoms with Gasteiger partial charge in [0.05, 0.1) is 17.3 Å². The van der Waals surface area contributed by atoms with Gasteiger partial charge in [-0.3, -0.25) is 4.79 Å². The number of nitrogens with one attached hydrogen (secondary N) is 1. The summed E-state index contributed by atoms with van der Waals surface area (Å²) >= 11 is 1.61. The van der Waals surface area contributed by atoms with Gasteiger partial charge >= 0.3 is 0 Å². The van der Waals surface area contributed by atoms with Crippen LogP contribution >= 0.6 is 11.3 Å². The molecule has 1 aromatic carbocycles. The van der Waals surface area contributed by atoms with E-state index >= 15 is 0 Å². The minimum atomic E-state index is -0.138. The Kier molecular flexibility index (Phi) is 6.77. The summed E-state index contributed by atoms with van der Waals surface area (Å²) in [5, 5.41) is 5.75. The first-order valence-corrected chi connectivity index (χ1v) is 8.14. The Morgan fingerprint density at radius 3 is 2.78 bits per heavy atom. The molecule has 0 saturated carbocycles. The molecule has 2 aromatic rings. The van der Waals surface area contributed by atoms with E-state index in [9.17, 15) is 4.79 Å². The molecule has 2 rings (SSSR count). The topological polar surface area (TPSA) is 60.5 Å². The lowest BCUT2D eigenvalue weighted by atomic mass is 10.2. The Labute approximate surface area is 140 Å². The van der Waals surface area contributed by atoms with Crippen LogP contribution in [0.4, 0.5) is 0 Å². The minimum Gasteiger partial charge on any atom is -0.487 e. The van der Waals surface area contributed by atoms with Crippen LogP contribution in [0.15, 0.2) is 35.7 Å². The summed E-state index contributed by atoms with van der Waals surface area (Å²) in [4.78, 5) is 15.9. The van der Waals surface area contributed by atoms with Gasteiger partial charge < -0.3 is 14.8 Å². The van der Waals surface area contributed by atoms with Crippen LogP contribution in [0, 0.1) is 6.92 Å². The summed E-state index contributed by atoms with van der Waals surface area (Å²) in [6, 6.07) is 7.56. The van der Waals surface area contributed by atoms with Crippen LogP contribution < -0.4 is 10.1 Å². The van der Waals surface area contributed by atoms with Gasteiger partial charge in [0, 0.05) is 25.1 Å². The quantitative estimate of drug-likeness (QED) is 0.596. The van der Waals surface area contributed by atoms with E-state index in [-0.39, 0.29) is 5.91 Å². The highest BCUT2D eigenvalue weighted by Gasteiger charge is 2.00. The highest BCUT2D eigenvalue weighted by molar-refractivity contribution is 7.09. The standard InChI is InChI=1S/C17H20N2O3S/c1-13-19-15(12-23-13)11-22-16-6-3-14(4-7-16)5-8-17(20)18-9-10-21-2/h3-8,12H,9-11H2,1-2H3,(H,18,20). The zero-order valence-electron chi connectivity index (χ0n) is 13.2. The van der Waals surface area contributed by atoms with E-state index in [0.717, 1.165) is 22.0 Å². The van der Waals surface area contributed by atoms with Gasteiger partial charge in [0.1, 0.15) is 12.4 Å². The summed E-state index contributed by atoms with van der Waals surface area (Å²) in [6.07, 6.45) is 3.26. The monoisotopic (exact) mass is 332 g/mol. The largest absolute Gasteiger partial charge is 0.487 e. The van der Waals surface area contributed by atoms with Gasteiger partial charge in [-0.1, -0.05) is 12.1 Å². The van der Waals surface area contributed by atoms with E-state index in [4.69, 9.17) is 9.47 Å². The molecule has 0 spiro atoms. The van der Waals surface area contributed by atoms with Gasteiger partial charge in [0.25, 0.3) is 0 Å². The minimum absolute atomic E-state index is 0.138. The van der Waals surface area contributed by atoms with Crippen molar-refractivity contribution in [2.75, 3.05) is 20.3 Å². The highest BCUT2D eigenvalue weighted by Crippen LogP contribution is 2.16. The number of carbonyl (C=O) groups excluding carboxylic acids is 1. The Bertz CT molecular complexity index is 650. The first kappa shape index (κ1) is 17.2. The second-order valence-corrected chi connectivity index (χ2v) is 5.89. The van der Waals surface area contributed by atoms with E-state index in [1.807, 2.05) is 36.6 Å². The van der Waals surface area contributed by atoms with Gasteiger partial charge in [-0.25, -0.2) is 4.98 Å². The summed E-state index contributed by atoms with van der Waals surface area (Å²) in [6.45, 7) is 3.44. The number of benzene rings is 1. The summed E-state index contributed by atoms with van der Waals surface area (Å²) < 4.78 is 10.5. The maximum absolute atomic E-state index is 11.5. The smallest absolute Gasteiger partial charge is 0.244 e. The molecule has 0 aliphatic carbocycles. The summed E-state index contributed by atoms with van der Waals surface area (Å²) in [5.74, 6) is 0.638. The third-order valence-corrected chi connectivity index (χ3v) is 3.79. The van der Waals surface area contributed by atoms with E-state index < -0.39 is 0 Å². The molecule has 0 fully saturated rings. The molecule has 0 radical (unpaired) electrons. The second-order valence-electron chi connectivity index (χ2n) is 4.83. The lowest BCUT2D eigenvalue weighted by molar-refractivity contribution is -0.116. The molecule has 6 heteroatoms. The molecule has 122 valence electrons. The molecule has 1 N–H and O–H groups in total. The number of nitrogens with zero attached hydrogens (tertiary/aromatic N) is 1. The maximum atomic E-state index is 11.5. The maximum Gasteiger partial charge on any atom is 0.244 e. The number of carbonyl (C=O) groups is 1. The van der Waals surface area contributed by atoms with Gasteiger partial charge in [-0.05, 0) is 30.7 Å². The van der Waals surface area contributed by atoms with Crippen molar-refractivity contribution in [2.24, 2.45) is 0 Å². The van der Waals surface area contributed by atoms with Crippen LogP contribution in [0.25, 0.3) is 6.08 Å². The predicted molar refractivity (Wildman–Crippen MR) is 91.5 cm³/mol. The lowest BCUT2D eigenvalue weighted by Gasteiger charge is -2.04. The fourth-order valence-corrected chi connectivity index (χ4v) is 2.41. The fourth-order valence-electron chi connectivity index (χ4n) is 1.81. The summed E-state index contributed by atoms with van der Waals surface area (Å²) in [5.41, 5.74) is 1.87. The molecule has 1 amide bonds. The molecular weight excluding hydrogens is 312 g/mol. The van der Waals surface area contributed by atoms with Gasteiger partial charge in [0.15, 0.2) is 0 Å². The number of aryl methyl sites for hydroxylation is 1. The van der Waals surface area contributed by atoms with Crippen molar-refractivity contribution < 1.29 is 14.3 Å². The van der Waals surface area contributed by atoms with E-state index in [0.29, 0.717) is 19.8 Å². The van der Waals surface area contributed by atoms with E-state index in [1.165, 1.54) is 6.08 Å². The van der Waals surface area contributed by atoms with E-state index in [2.05, 4.69) is 10.3 Å². The number of thiazole rings is 1. The molecule has 0 bridgehead atoms. The number of hydrogen-bond acceptors (Lipinski definition) is 5. The number of hydrogen-bond donors (Lipinski definition) is 1. The van der Waals surface area contributed by atoms with Crippen molar-refractivity contribution in [1.82, 2.24) is 10.3 Å². The fraction of sp³-hybridized carbons (Fsp3) is 0.294. The molecule has 5 nitrogen and oxygen atoms in total. The van der Waals surface area contributed by atoms with Crippen LogP contribution in [0.1, 0.15) is 16.3 Å². The molecular formula is C17H20N2O3S. The van der Waals surface area contributed by atoms with Crippen LogP contribution in [-0.4, -0.2) is 31.2 Å². The Morgan fingerprint density at radius 2 is 2.13 bits per heavy atom. The van der Waals surface area contributed by atoms with Crippen molar-refractivity contribution in [3.8, 4) is 5.75 Å². The molecule has 0 unspecified atom stereocenters. The van der Waals surface area contributed by atoms with Crippen molar-refractivity contribution in [3.05, 3.63) is 52.0 Å². The predicted octanol–water partition coefficient (Wildman–Crippen LogP) is 2.81. The van der Waals surface area contributed by atoms with E-state index in [1.54, 1.807) is 24.5 Å². The van der Waals surface area contributed by atoms with Crippen LogP contribution in [0.5, 0.6) is 5.75 Å². The Balaban J connectivity index is 1.80. The molecule has 1 aromatic heterocycles. The van der Waals surface area contributed by atoms with Gasteiger partial charge in [-0.15, -0.1) is 11.3 Å². The third-order valence-electron chi connectivity index (χ3n) is 2.97. The first-order valence-electron chi connectivity index (χ1n) is 7.26.